The Bertz CT molecular complexity index is 852. The Morgan fingerprint density at radius 2 is 2.00 bits per heavy atom. The van der Waals surface area contributed by atoms with Crippen LogP contribution in [-0.2, 0) is 0 Å². The van der Waals surface area contributed by atoms with Crippen LogP contribution in [0.5, 0.6) is 0 Å². The largest absolute Gasteiger partial charge is 0.398 e. The predicted molar refractivity (Wildman–Crippen MR) is 90.6 cm³/mol. The first kappa shape index (κ1) is 13.2. The third kappa shape index (κ3) is 2.23. The Morgan fingerprint density at radius 1 is 1.19 bits per heavy atom. The van der Waals surface area contributed by atoms with Crippen molar-refractivity contribution in [2.45, 2.75) is 18.9 Å². The van der Waals surface area contributed by atoms with Crippen molar-refractivity contribution in [1.82, 2.24) is 9.55 Å². The maximum absolute atomic E-state index is 6.16. The van der Waals surface area contributed by atoms with Gasteiger partial charge in [0.25, 0.3) is 0 Å². The number of hydrogen-bond acceptors (Lipinski definition) is 2. The molecule has 3 nitrogen and oxygen atoms in total. The number of halogens is 2. The molecule has 0 unspecified atom stereocenters. The summed E-state index contributed by atoms with van der Waals surface area (Å²) in [5.41, 5.74) is 9.90. The maximum atomic E-state index is 6.16. The monoisotopic (exact) mass is 361 g/mol. The molecule has 1 aromatic heterocycles. The Morgan fingerprint density at radius 3 is 2.76 bits per heavy atom. The maximum Gasteiger partial charge on any atom is 0.143 e. The van der Waals surface area contributed by atoms with Gasteiger partial charge in [0.15, 0.2) is 0 Å². The number of nitrogen functional groups attached to an aromatic ring is 1. The van der Waals surface area contributed by atoms with Gasteiger partial charge in [0.1, 0.15) is 5.82 Å². The van der Waals surface area contributed by atoms with Gasteiger partial charge in [-0.3, -0.25) is 0 Å². The predicted octanol–water partition coefficient (Wildman–Crippen LogP) is 5.04. The van der Waals surface area contributed by atoms with Crippen molar-refractivity contribution < 1.29 is 0 Å². The number of fused-ring (bicyclic) bond motifs is 1. The zero-order valence-corrected chi connectivity index (χ0v) is 13.5. The number of imidazole rings is 1. The molecule has 0 radical (unpaired) electrons. The Labute approximate surface area is 135 Å². The van der Waals surface area contributed by atoms with Crippen LogP contribution in [0.15, 0.2) is 40.9 Å². The molecule has 0 atom stereocenters. The molecule has 1 saturated carbocycles. The first-order valence-electron chi connectivity index (χ1n) is 6.86. The summed E-state index contributed by atoms with van der Waals surface area (Å²) in [4.78, 5) is 4.78. The van der Waals surface area contributed by atoms with Crippen molar-refractivity contribution in [3.05, 3.63) is 45.9 Å². The van der Waals surface area contributed by atoms with Gasteiger partial charge in [0.05, 0.1) is 11.0 Å². The standard InChI is InChI=1S/C16H13BrClN3/c17-9-1-5-13(19)12(7-9)16-20-14-8-10(18)2-6-15(14)21(16)11-3-4-11/h1-2,5-8,11H,3-4,19H2. The molecule has 1 aliphatic carbocycles. The highest BCUT2D eigenvalue weighted by atomic mass is 79.9. The molecule has 0 spiro atoms. The van der Waals surface area contributed by atoms with E-state index in [0.717, 1.165) is 32.6 Å². The average Bonchev–Trinajstić information content (AvgIpc) is 3.22. The van der Waals surface area contributed by atoms with Crippen LogP contribution in [0, 0.1) is 0 Å². The number of anilines is 1. The second-order valence-corrected chi connectivity index (χ2v) is 6.75. The van der Waals surface area contributed by atoms with Crippen molar-refractivity contribution in [3.8, 4) is 11.4 Å². The smallest absolute Gasteiger partial charge is 0.143 e. The highest BCUT2D eigenvalue weighted by molar-refractivity contribution is 9.10. The van der Waals surface area contributed by atoms with Crippen molar-refractivity contribution in [1.29, 1.82) is 0 Å². The number of benzene rings is 2. The minimum atomic E-state index is 0.518. The van der Waals surface area contributed by atoms with Gasteiger partial charge in [0.2, 0.25) is 0 Å². The molecule has 0 aliphatic heterocycles. The highest BCUT2D eigenvalue weighted by Crippen LogP contribution is 2.42. The average molecular weight is 363 g/mol. The Hall–Kier alpha value is -1.52. The van der Waals surface area contributed by atoms with E-state index < -0.39 is 0 Å². The van der Waals surface area contributed by atoms with E-state index in [1.54, 1.807) is 0 Å². The normalized spacial score (nSPS) is 14.8. The quantitative estimate of drug-likeness (QED) is 0.649. The van der Waals surface area contributed by atoms with Gasteiger partial charge in [0, 0.05) is 26.8 Å². The second-order valence-electron chi connectivity index (χ2n) is 5.40. The zero-order valence-electron chi connectivity index (χ0n) is 11.2. The molecule has 2 aromatic carbocycles. The van der Waals surface area contributed by atoms with Crippen molar-refractivity contribution in [3.63, 3.8) is 0 Å². The first-order valence-corrected chi connectivity index (χ1v) is 8.03. The lowest BCUT2D eigenvalue weighted by Crippen LogP contribution is -2.00. The van der Waals surface area contributed by atoms with Gasteiger partial charge in [-0.05, 0) is 49.2 Å². The lowest BCUT2D eigenvalue weighted by Gasteiger charge is -2.10. The summed E-state index contributed by atoms with van der Waals surface area (Å²) in [6.07, 6.45) is 2.38. The van der Waals surface area contributed by atoms with Crippen LogP contribution in [0.25, 0.3) is 22.4 Å². The molecule has 1 aliphatic rings. The number of nitrogens with two attached hydrogens (primary N) is 1. The molecule has 0 saturated heterocycles. The lowest BCUT2D eigenvalue weighted by atomic mass is 10.1. The van der Waals surface area contributed by atoms with Crippen LogP contribution in [0.2, 0.25) is 5.02 Å². The van der Waals surface area contributed by atoms with Crippen molar-refractivity contribution >= 4 is 44.3 Å². The van der Waals surface area contributed by atoms with Gasteiger partial charge in [-0.1, -0.05) is 27.5 Å². The molecule has 106 valence electrons. The van der Waals surface area contributed by atoms with E-state index in [-0.39, 0.29) is 0 Å². The van der Waals surface area contributed by atoms with Crippen LogP contribution in [-0.4, -0.2) is 9.55 Å². The van der Waals surface area contributed by atoms with Crippen molar-refractivity contribution in [2.24, 2.45) is 0 Å². The van der Waals surface area contributed by atoms with Gasteiger partial charge in [-0.2, -0.15) is 0 Å². The zero-order chi connectivity index (χ0) is 14.6. The number of aromatic nitrogens is 2. The Balaban J connectivity index is 2.03. The lowest BCUT2D eigenvalue weighted by molar-refractivity contribution is 0.775. The van der Waals surface area contributed by atoms with E-state index in [0.29, 0.717) is 11.1 Å². The highest BCUT2D eigenvalue weighted by Gasteiger charge is 2.29. The summed E-state index contributed by atoms with van der Waals surface area (Å²) in [5, 5.41) is 0.705. The molecule has 1 heterocycles. The van der Waals surface area contributed by atoms with Gasteiger partial charge in [-0.15, -0.1) is 0 Å². The topological polar surface area (TPSA) is 43.8 Å². The van der Waals surface area contributed by atoms with E-state index >= 15 is 0 Å². The van der Waals surface area contributed by atoms with Crippen LogP contribution >= 0.6 is 27.5 Å². The molecule has 0 amide bonds. The third-order valence-corrected chi connectivity index (χ3v) is 4.55. The number of hydrogen-bond donors (Lipinski definition) is 1. The molecular weight excluding hydrogens is 350 g/mol. The van der Waals surface area contributed by atoms with Crippen LogP contribution in [0.4, 0.5) is 5.69 Å². The van der Waals surface area contributed by atoms with E-state index in [1.165, 1.54) is 12.8 Å². The molecule has 2 N–H and O–H groups in total. The fraction of sp³-hybridized carbons (Fsp3) is 0.188. The van der Waals surface area contributed by atoms with E-state index in [9.17, 15) is 0 Å². The fourth-order valence-electron chi connectivity index (χ4n) is 2.69. The number of nitrogens with zero attached hydrogens (tertiary/aromatic N) is 2. The van der Waals surface area contributed by atoms with Crippen LogP contribution in [0.3, 0.4) is 0 Å². The summed E-state index contributed by atoms with van der Waals surface area (Å²) in [6.45, 7) is 0. The van der Waals surface area contributed by atoms with Gasteiger partial charge < -0.3 is 10.3 Å². The summed E-state index contributed by atoms with van der Waals surface area (Å²) >= 11 is 9.61. The molecule has 3 aromatic rings. The van der Waals surface area contributed by atoms with E-state index in [4.69, 9.17) is 22.3 Å². The SMILES string of the molecule is Nc1ccc(Br)cc1-c1nc2cc(Cl)ccc2n1C1CC1. The minimum Gasteiger partial charge on any atom is -0.398 e. The van der Waals surface area contributed by atoms with Crippen LogP contribution < -0.4 is 5.73 Å². The Kier molecular flexibility index (Phi) is 2.98. The molecule has 1 fully saturated rings. The van der Waals surface area contributed by atoms with E-state index in [2.05, 4.69) is 20.5 Å². The molecule has 4 rings (SSSR count). The summed E-state index contributed by atoms with van der Waals surface area (Å²) in [6, 6.07) is 12.3. The molecular formula is C16H13BrClN3. The van der Waals surface area contributed by atoms with Gasteiger partial charge in [-0.25, -0.2) is 4.98 Å². The number of rotatable bonds is 2. The summed E-state index contributed by atoms with van der Waals surface area (Å²) in [7, 11) is 0. The molecule has 5 heteroatoms. The second kappa shape index (κ2) is 4.75. The fourth-order valence-corrected chi connectivity index (χ4v) is 3.21. The molecule has 21 heavy (non-hydrogen) atoms. The molecule has 0 bridgehead atoms. The third-order valence-electron chi connectivity index (χ3n) is 3.82. The summed E-state index contributed by atoms with van der Waals surface area (Å²) in [5.74, 6) is 0.925. The van der Waals surface area contributed by atoms with Crippen LogP contribution in [0.1, 0.15) is 18.9 Å². The minimum absolute atomic E-state index is 0.518. The van der Waals surface area contributed by atoms with Crippen molar-refractivity contribution in [2.75, 3.05) is 5.73 Å². The summed E-state index contributed by atoms with van der Waals surface area (Å²) < 4.78 is 3.29. The van der Waals surface area contributed by atoms with Gasteiger partial charge >= 0.3 is 0 Å². The first-order chi connectivity index (χ1) is 10.1. The van der Waals surface area contributed by atoms with E-state index in [1.807, 2.05) is 36.4 Å².